The van der Waals surface area contributed by atoms with E-state index in [1.54, 1.807) is 0 Å². The summed E-state index contributed by atoms with van der Waals surface area (Å²) in [6.45, 7) is -0.132. The Morgan fingerprint density at radius 2 is 0.570 bits per heavy atom. The van der Waals surface area contributed by atoms with Crippen LogP contribution in [0.2, 0.25) is 0 Å². The summed E-state index contributed by atoms with van der Waals surface area (Å²) < 4.78 is 7.90. The first kappa shape index (κ1) is 46.3. The fourth-order valence-electron chi connectivity index (χ4n) is 15.9. The minimum atomic E-state index is -0.132. The summed E-state index contributed by atoms with van der Waals surface area (Å²) >= 11 is 0. The molecule has 394 valence electrons. The Morgan fingerprint density at radius 3 is 0.965 bits per heavy atom. The maximum Gasteiger partial charge on any atom is 0.252 e. The highest BCUT2D eigenvalue weighted by Gasteiger charge is 2.43. The molecule has 2 aliphatic rings. The zero-order chi connectivity index (χ0) is 55.9. The SMILES string of the molecule is c1ccc(-c2ccc3c(ccc4c3c3c5ccc(-c6ccccc6)cc5cc5c3n4-c3cc(-n4c6ccccc6c6ccccc64)cc4c3B5c3cc5cc(-c6ccccc6)ccc5c5c6c7ccc(-c8ccccc8)cc7ccc6n-4c35)c2)cc1. The van der Waals surface area contributed by atoms with Crippen LogP contribution in [0.5, 0.6) is 0 Å². The van der Waals surface area contributed by atoms with Gasteiger partial charge in [0, 0.05) is 43.7 Å². The maximum atomic E-state index is 2.69. The molecule has 0 spiro atoms. The van der Waals surface area contributed by atoms with Crippen LogP contribution in [0, 0.1) is 0 Å². The molecular weight excluding hydrogens is 1040 g/mol. The van der Waals surface area contributed by atoms with E-state index in [0.29, 0.717) is 0 Å². The summed E-state index contributed by atoms with van der Waals surface area (Å²) in [5.41, 5.74) is 24.6. The van der Waals surface area contributed by atoms with Crippen molar-refractivity contribution in [1.29, 1.82) is 0 Å². The van der Waals surface area contributed by atoms with Gasteiger partial charge in [0.2, 0.25) is 0 Å². The highest BCUT2D eigenvalue weighted by Crippen LogP contribution is 2.48. The topological polar surface area (TPSA) is 14.8 Å². The highest BCUT2D eigenvalue weighted by molar-refractivity contribution is 7.00. The van der Waals surface area contributed by atoms with Crippen molar-refractivity contribution in [2.75, 3.05) is 0 Å². The van der Waals surface area contributed by atoms with E-state index in [2.05, 4.69) is 305 Å². The number of nitrogens with zero attached hydrogens (tertiary/aromatic N) is 3. The Morgan fingerprint density at radius 1 is 0.221 bits per heavy atom. The summed E-state index contributed by atoms with van der Waals surface area (Å²) in [6, 6.07) is 110. The molecule has 2 aliphatic heterocycles. The minimum absolute atomic E-state index is 0.132. The van der Waals surface area contributed by atoms with Crippen molar-refractivity contribution in [3.8, 4) is 61.6 Å². The number of rotatable bonds is 5. The minimum Gasteiger partial charge on any atom is -0.310 e. The van der Waals surface area contributed by atoms with E-state index in [1.165, 1.54) is 181 Å². The number of fused-ring (bicyclic) bond motifs is 21. The smallest absolute Gasteiger partial charge is 0.252 e. The monoisotopic (exact) mass is 1090 g/mol. The van der Waals surface area contributed by atoms with E-state index in [1.807, 2.05) is 0 Å². The van der Waals surface area contributed by atoms with Gasteiger partial charge in [-0.25, -0.2) is 0 Å². The van der Waals surface area contributed by atoms with Gasteiger partial charge in [-0.3, -0.25) is 0 Å². The Hall–Kier alpha value is -11.2. The average Bonchev–Trinajstić information content (AvgIpc) is 1.47. The van der Waals surface area contributed by atoms with Gasteiger partial charge in [-0.2, -0.15) is 0 Å². The second kappa shape index (κ2) is 17.2. The first-order valence-electron chi connectivity index (χ1n) is 30.0. The molecule has 0 saturated carbocycles. The fourth-order valence-corrected chi connectivity index (χ4v) is 15.9. The molecule has 5 heterocycles. The molecule has 0 N–H and O–H groups in total. The molecule has 0 bridgehead atoms. The molecule has 4 heteroatoms. The molecule has 3 aromatic heterocycles. The van der Waals surface area contributed by atoms with E-state index in [4.69, 9.17) is 0 Å². The molecule has 86 heavy (non-hydrogen) atoms. The summed E-state index contributed by atoms with van der Waals surface area (Å²) in [6.07, 6.45) is 0. The Bertz CT molecular complexity index is 5630. The molecule has 18 aromatic rings. The predicted molar refractivity (Wildman–Crippen MR) is 366 cm³/mol. The molecule has 3 nitrogen and oxygen atoms in total. The van der Waals surface area contributed by atoms with Crippen LogP contribution in [0.1, 0.15) is 0 Å². The van der Waals surface area contributed by atoms with Crippen LogP contribution in [0.25, 0.3) is 170 Å². The van der Waals surface area contributed by atoms with Gasteiger partial charge < -0.3 is 13.7 Å². The first-order valence-corrected chi connectivity index (χ1v) is 30.0. The lowest BCUT2D eigenvalue weighted by atomic mass is 9.34. The lowest BCUT2D eigenvalue weighted by Crippen LogP contribution is -2.59. The molecule has 20 rings (SSSR count). The maximum absolute atomic E-state index is 2.69. The van der Waals surface area contributed by atoms with Crippen LogP contribution in [0.3, 0.4) is 0 Å². The first-order chi connectivity index (χ1) is 42.7. The second-order valence-electron chi connectivity index (χ2n) is 23.9. The van der Waals surface area contributed by atoms with Crippen molar-refractivity contribution < 1.29 is 0 Å². The summed E-state index contributed by atoms with van der Waals surface area (Å²) in [7, 11) is 0. The van der Waals surface area contributed by atoms with Gasteiger partial charge in [-0.05, 0) is 165 Å². The van der Waals surface area contributed by atoms with Crippen LogP contribution in [0.15, 0.2) is 291 Å². The Kier molecular flexibility index (Phi) is 9.26. The number of hydrogen-bond donors (Lipinski definition) is 0. The van der Waals surface area contributed by atoms with Gasteiger partial charge in [0.1, 0.15) is 0 Å². The van der Waals surface area contributed by atoms with Crippen molar-refractivity contribution >= 4 is 132 Å². The molecule has 0 radical (unpaired) electrons. The van der Waals surface area contributed by atoms with E-state index in [-0.39, 0.29) is 6.71 Å². The largest absolute Gasteiger partial charge is 0.310 e. The number of benzene rings is 15. The van der Waals surface area contributed by atoms with Crippen molar-refractivity contribution in [3.63, 3.8) is 0 Å². The number of aromatic nitrogens is 3. The van der Waals surface area contributed by atoms with Crippen LogP contribution in [-0.2, 0) is 0 Å². The molecular formula is C82H48BN3. The summed E-state index contributed by atoms with van der Waals surface area (Å²) in [4.78, 5) is 0. The quantitative estimate of drug-likeness (QED) is 0.153. The van der Waals surface area contributed by atoms with E-state index < -0.39 is 0 Å². The average molecular weight is 1090 g/mol. The van der Waals surface area contributed by atoms with Gasteiger partial charge in [-0.15, -0.1) is 0 Å². The Balaban J connectivity index is 0.988. The van der Waals surface area contributed by atoms with Crippen LogP contribution in [-0.4, -0.2) is 20.4 Å². The highest BCUT2D eigenvalue weighted by atomic mass is 15.1. The third-order valence-electron chi connectivity index (χ3n) is 19.5. The molecule has 0 amide bonds. The number of para-hydroxylation sites is 2. The fraction of sp³-hybridized carbons (Fsp3) is 0. The van der Waals surface area contributed by atoms with Crippen LogP contribution in [0.4, 0.5) is 0 Å². The number of hydrogen-bond acceptors (Lipinski definition) is 0. The molecule has 0 aliphatic carbocycles. The standard InChI is InChI=1S/C82H48BN3/c1-5-17-49(18-6-1)53-29-35-62-57(41-53)33-39-72-76(62)78-64-37-31-55(51-21-9-3-10-22-51)43-59(64)45-68-81(78)85(72)74-47-61(84-70-27-15-13-25-66(70)67-26-14-16-28-71(67)84)48-75-80(74)83(68)69-46-60-44-56(52-23-11-4-12-24-52)32-38-65(60)79-77-63-36-30-54(50-19-7-2-8-20-50)42-58(63)34-40-73(77)86(75)82(69)79/h1-48H. The molecule has 0 unspecified atom stereocenters. The molecule has 0 saturated heterocycles. The van der Waals surface area contributed by atoms with Crippen molar-refractivity contribution in [2.24, 2.45) is 0 Å². The predicted octanol–water partition coefficient (Wildman–Crippen LogP) is 19.4. The van der Waals surface area contributed by atoms with E-state index in [9.17, 15) is 0 Å². The van der Waals surface area contributed by atoms with Crippen LogP contribution >= 0.6 is 0 Å². The molecule has 0 fully saturated rings. The van der Waals surface area contributed by atoms with Crippen molar-refractivity contribution in [1.82, 2.24) is 13.7 Å². The van der Waals surface area contributed by atoms with Gasteiger partial charge in [-0.1, -0.05) is 231 Å². The molecule has 15 aromatic carbocycles. The lowest BCUT2D eigenvalue weighted by Gasteiger charge is -2.35. The van der Waals surface area contributed by atoms with E-state index >= 15 is 0 Å². The lowest BCUT2D eigenvalue weighted by molar-refractivity contribution is 1.10. The zero-order valence-electron chi connectivity index (χ0n) is 46.6. The van der Waals surface area contributed by atoms with Gasteiger partial charge in [0.05, 0.1) is 38.8 Å². The van der Waals surface area contributed by atoms with Crippen molar-refractivity contribution in [3.05, 3.63) is 291 Å². The van der Waals surface area contributed by atoms with Gasteiger partial charge in [0.25, 0.3) is 6.71 Å². The summed E-state index contributed by atoms with van der Waals surface area (Å²) in [5, 5.41) is 17.6. The summed E-state index contributed by atoms with van der Waals surface area (Å²) in [5.74, 6) is 0. The third-order valence-corrected chi connectivity index (χ3v) is 19.5. The van der Waals surface area contributed by atoms with Crippen molar-refractivity contribution in [2.45, 2.75) is 0 Å². The third kappa shape index (κ3) is 6.26. The second-order valence-corrected chi connectivity index (χ2v) is 23.9. The van der Waals surface area contributed by atoms with Crippen LogP contribution < -0.4 is 16.4 Å². The Labute approximate surface area is 495 Å². The van der Waals surface area contributed by atoms with E-state index in [0.717, 1.165) is 5.69 Å². The molecule has 0 atom stereocenters. The normalized spacial score (nSPS) is 12.6. The zero-order valence-corrected chi connectivity index (χ0v) is 46.6. The van der Waals surface area contributed by atoms with Gasteiger partial charge >= 0.3 is 0 Å². The van der Waals surface area contributed by atoms with Gasteiger partial charge in [0.15, 0.2) is 0 Å².